The van der Waals surface area contributed by atoms with Crippen molar-refractivity contribution < 1.29 is 14.1 Å². The van der Waals surface area contributed by atoms with Gasteiger partial charge in [-0.1, -0.05) is 41.3 Å². The van der Waals surface area contributed by atoms with E-state index in [9.17, 15) is 19.3 Å². The Hall–Kier alpha value is -3.05. The average Bonchev–Trinajstić information content (AvgIpc) is 3.15. The second-order valence-electron chi connectivity index (χ2n) is 5.91. The zero-order valence-electron chi connectivity index (χ0n) is 15.2. The van der Waals surface area contributed by atoms with Crippen molar-refractivity contribution in [3.05, 3.63) is 70.0 Å². The number of non-ortho nitro benzene ring substituents is 1. The van der Waals surface area contributed by atoms with Crippen LogP contribution in [0.3, 0.4) is 0 Å². The Morgan fingerprint density at radius 2 is 2.03 bits per heavy atom. The molecular formula is C18H16FN5O3S2. The molecule has 150 valence electrons. The highest BCUT2D eigenvalue weighted by atomic mass is 32.2. The number of nitrogens with zero attached hydrogens (tertiary/aromatic N) is 3. The highest BCUT2D eigenvalue weighted by molar-refractivity contribution is 8.02. The summed E-state index contributed by atoms with van der Waals surface area (Å²) in [6.07, 6.45) is 0. The number of rotatable bonds is 8. The third-order valence-electron chi connectivity index (χ3n) is 3.73. The number of benzene rings is 2. The van der Waals surface area contributed by atoms with E-state index in [1.165, 1.54) is 53.4 Å². The summed E-state index contributed by atoms with van der Waals surface area (Å²) in [4.78, 5) is 22.7. The Morgan fingerprint density at radius 1 is 1.28 bits per heavy atom. The second-order valence-corrected chi connectivity index (χ2v) is 8.48. The molecule has 3 rings (SSSR count). The molecule has 1 atom stereocenters. The summed E-state index contributed by atoms with van der Waals surface area (Å²) < 4.78 is 13.5. The van der Waals surface area contributed by atoms with E-state index in [1.807, 2.05) is 0 Å². The minimum Gasteiger partial charge on any atom is -0.356 e. The van der Waals surface area contributed by atoms with Crippen LogP contribution in [-0.4, -0.2) is 26.3 Å². The molecule has 0 saturated heterocycles. The number of carbonyl (C=O) groups excluding carboxylic acids is 1. The summed E-state index contributed by atoms with van der Waals surface area (Å²) in [5.74, 6) is -0.591. The molecule has 0 aliphatic carbocycles. The molecule has 1 amide bonds. The molecule has 0 aliphatic rings. The van der Waals surface area contributed by atoms with Gasteiger partial charge in [-0.15, -0.1) is 10.2 Å². The van der Waals surface area contributed by atoms with E-state index in [-0.39, 0.29) is 17.4 Å². The number of nitrogens with one attached hydrogen (secondary N) is 2. The standard InChI is InChI=1S/C18H16FN5O3S2/c1-11(16(25)21-14-3-2-4-15(9-14)24(26)27)28-18-23-22-17(29-18)20-10-12-5-7-13(19)8-6-12/h2-9,11H,10H2,1H3,(H,20,22)(H,21,25). The van der Waals surface area contributed by atoms with E-state index in [0.29, 0.717) is 21.7 Å². The lowest BCUT2D eigenvalue weighted by molar-refractivity contribution is -0.384. The predicted octanol–water partition coefficient (Wildman–Crippen LogP) is 4.32. The van der Waals surface area contributed by atoms with Crippen molar-refractivity contribution in [1.29, 1.82) is 0 Å². The van der Waals surface area contributed by atoms with Crippen LogP contribution in [0, 0.1) is 15.9 Å². The van der Waals surface area contributed by atoms with Gasteiger partial charge in [-0.25, -0.2) is 4.39 Å². The SMILES string of the molecule is CC(Sc1nnc(NCc2ccc(F)cc2)s1)C(=O)Nc1cccc([N+](=O)[O-])c1. The van der Waals surface area contributed by atoms with Gasteiger partial charge >= 0.3 is 0 Å². The maximum absolute atomic E-state index is 12.9. The van der Waals surface area contributed by atoms with Crippen molar-refractivity contribution in [1.82, 2.24) is 10.2 Å². The van der Waals surface area contributed by atoms with Crippen LogP contribution in [0.2, 0.25) is 0 Å². The highest BCUT2D eigenvalue weighted by Crippen LogP contribution is 2.30. The largest absolute Gasteiger partial charge is 0.356 e. The van der Waals surface area contributed by atoms with Gasteiger partial charge in [0.05, 0.1) is 10.2 Å². The van der Waals surface area contributed by atoms with E-state index in [4.69, 9.17) is 0 Å². The molecule has 0 aliphatic heterocycles. The van der Waals surface area contributed by atoms with E-state index in [1.54, 1.807) is 25.1 Å². The van der Waals surface area contributed by atoms with Gasteiger partial charge in [0, 0.05) is 24.4 Å². The molecule has 29 heavy (non-hydrogen) atoms. The van der Waals surface area contributed by atoms with E-state index < -0.39 is 10.2 Å². The van der Waals surface area contributed by atoms with Crippen molar-refractivity contribution in [2.45, 2.75) is 23.1 Å². The lowest BCUT2D eigenvalue weighted by Gasteiger charge is -2.10. The van der Waals surface area contributed by atoms with Crippen LogP contribution in [0.4, 0.5) is 20.9 Å². The van der Waals surface area contributed by atoms with Gasteiger partial charge in [0.15, 0.2) is 4.34 Å². The third kappa shape index (κ3) is 5.96. The summed E-state index contributed by atoms with van der Waals surface area (Å²) in [5, 5.41) is 24.8. The van der Waals surface area contributed by atoms with Gasteiger partial charge in [0.25, 0.3) is 5.69 Å². The van der Waals surface area contributed by atoms with Crippen LogP contribution in [0.1, 0.15) is 12.5 Å². The summed E-state index contributed by atoms with van der Waals surface area (Å²) in [6.45, 7) is 2.19. The van der Waals surface area contributed by atoms with Crippen molar-refractivity contribution in [3.63, 3.8) is 0 Å². The lowest BCUT2D eigenvalue weighted by atomic mass is 10.2. The fraction of sp³-hybridized carbons (Fsp3) is 0.167. The smallest absolute Gasteiger partial charge is 0.271 e. The number of anilines is 2. The Bertz CT molecular complexity index is 1010. The summed E-state index contributed by atoms with van der Waals surface area (Å²) in [5.41, 5.74) is 1.17. The normalized spacial score (nSPS) is 11.7. The minimum atomic E-state index is -0.518. The third-order valence-corrected chi connectivity index (χ3v) is 5.80. The number of hydrogen-bond acceptors (Lipinski definition) is 8. The molecular weight excluding hydrogens is 417 g/mol. The number of halogens is 1. The molecule has 2 N–H and O–H groups in total. The Kier molecular flexibility index (Phi) is 6.73. The summed E-state index contributed by atoms with van der Waals surface area (Å²) >= 11 is 2.54. The van der Waals surface area contributed by atoms with E-state index >= 15 is 0 Å². The first-order valence-corrected chi connectivity index (χ1v) is 10.1. The molecule has 0 bridgehead atoms. The maximum Gasteiger partial charge on any atom is 0.271 e. The number of thioether (sulfide) groups is 1. The Labute approximate surface area is 173 Å². The summed E-state index contributed by atoms with van der Waals surface area (Å²) in [6, 6.07) is 11.9. The minimum absolute atomic E-state index is 0.0934. The van der Waals surface area contributed by atoms with E-state index in [0.717, 1.165) is 5.56 Å². The highest BCUT2D eigenvalue weighted by Gasteiger charge is 2.18. The van der Waals surface area contributed by atoms with Crippen LogP contribution >= 0.6 is 23.1 Å². The number of amides is 1. The fourth-order valence-corrected chi connectivity index (χ4v) is 4.15. The Morgan fingerprint density at radius 3 is 2.76 bits per heavy atom. The zero-order chi connectivity index (χ0) is 20.8. The topological polar surface area (TPSA) is 110 Å². The van der Waals surface area contributed by atoms with Crippen LogP contribution in [-0.2, 0) is 11.3 Å². The van der Waals surface area contributed by atoms with Gasteiger partial charge < -0.3 is 10.6 Å². The number of nitro benzene ring substituents is 1. The quantitative estimate of drug-likeness (QED) is 0.309. The van der Waals surface area contributed by atoms with Crippen molar-refractivity contribution in [3.8, 4) is 0 Å². The Balaban J connectivity index is 1.53. The molecule has 1 heterocycles. The first-order valence-electron chi connectivity index (χ1n) is 8.44. The molecule has 1 unspecified atom stereocenters. The monoisotopic (exact) mass is 433 g/mol. The molecule has 0 fully saturated rings. The van der Waals surface area contributed by atoms with Crippen LogP contribution in [0.15, 0.2) is 52.9 Å². The van der Waals surface area contributed by atoms with Crippen LogP contribution < -0.4 is 10.6 Å². The van der Waals surface area contributed by atoms with Gasteiger partial charge in [-0.3, -0.25) is 14.9 Å². The number of hydrogen-bond donors (Lipinski definition) is 2. The van der Waals surface area contributed by atoms with Gasteiger partial charge in [0.1, 0.15) is 5.82 Å². The number of carbonyl (C=O) groups is 1. The van der Waals surface area contributed by atoms with Gasteiger partial charge in [-0.05, 0) is 30.7 Å². The fourth-order valence-electron chi connectivity index (χ4n) is 2.25. The second kappa shape index (κ2) is 9.43. The summed E-state index contributed by atoms with van der Waals surface area (Å²) in [7, 11) is 0. The van der Waals surface area contributed by atoms with Gasteiger partial charge in [0.2, 0.25) is 11.0 Å². The van der Waals surface area contributed by atoms with Crippen LogP contribution in [0.5, 0.6) is 0 Å². The number of nitro groups is 1. The molecule has 0 saturated carbocycles. The average molecular weight is 433 g/mol. The predicted molar refractivity (Wildman–Crippen MR) is 111 cm³/mol. The molecule has 3 aromatic rings. The first-order chi connectivity index (χ1) is 13.9. The van der Waals surface area contributed by atoms with Crippen molar-refractivity contribution >= 4 is 45.5 Å². The lowest BCUT2D eigenvalue weighted by Crippen LogP contribution is -2.22. The molecule has 0 radical (unpaired) electrons. The molecule has 11 heteroatoms. The molecule has 0 spiro atoms. The molecule has 1 aromatic heterocycles. The molecule has 8 nitrogen and oxygen atoms in total. The van der Waals surface area contributed by atoms with Crippen LogP contribution in [0.25, 0.3) is 0 Å². The number of aromatic nitrogens is 2. The van der Waals surface area contributed by atoms with Gasteiger partial charge in [-0.2, -0.15) is 0 Å². The zero-order valence-corrected chi connectivity index (χ0v) is 16.8. The van der Waals surface area contributed by atoms with Crippen molar-refractivity contribution in [2.75, 3.05) is 10.6 Å². The first kappa shape index (κ1) is 20.7. The molecule has 2 aromatic carbocycles. The van der Waals surface area contributed by atoms with E-state index in [2.05, 4.69) is 20.8 Å². The maximum atomic E-state index is 12.9. The van der Waals surface area contributed by atoms with Crippen molar-refractivity contribution in [2.24, 2.45) is 0 Å².